The van der Waals surface area contributed by atoms with E-state index in [1.165, 1.54) is 11.1 Å². The van der Waals surface area contributed by atoms with Gasteiger partial charge in [-0.3, -0.25) is 0 Å². The Labute approximate surface area is 103 Å². The fraction of sp³-hybridized carbons (Fsp3) is 0.571. The molecule has 0 saturated heterocycles. The van der Waals surface area contributed by atoms with Gasteiger partial charge in [0, 0.05) is 11.6 Å². The fourth-order valence-electron chi connectivity index (χ4n) is 2.15. The maximum atomic E-state index is 6.31. The minimum atomic E-state index is -0.107. The molecular weight excluding hydrogens is 212 g/mol. The molecular formula is C14H22N2O. The molecule has 94 valence electrons. The summed E-state index contributed by atoms with van der Waals surface area (Å²) in [4.78, 5) is 0. The minimum Gasteiger partial charge on any atom is -0.493 e. The standard InChI is InChI=1S/C14H22N2O/c1-14(2,16-3)13(15)11-6-7-12-10(9-11)5-4-8-17-12/h6-7,9,13,16H,4-5,8,15H2,1-3H3. The Morgan fingerprint density at radius 2 is 2.18 bits per heavy atom. The van der Waals surface area contributed by atoms with Gasteiger partial charge in [0.15, 0.2) is 0 Å². The first-order valence-electron chi connectivity index (χ1n) is 6.25. The van der Waals surface area contributed by atoms with E-state index in [-0.39, 0.29) is 11.6 Å². The fourth-order valence-corrected chi connectivity index (χ4v) is 2.15. The van der Waals surface area contributed by atoms with E-state index in [4.69, 9.17) is 10.5 Å². The summed E-state index contributed by atoms with van der Waals surface area (Å²) in [6.07, 6.45) is 2.19. The number of hydrogen-bond donors (Lipinski definition) is 2. The van der Waals surface area contributed by atoms with Crippen LogP contribution in [0.25, 0.3) is 0 Å². The van der Waals surface area contributed by atoms with Gasteiger partial charge in [0.1, 0.15) is 5.75 Å². The molecule has 0 saturated carbocycles. The normalized spacial score (nSPS) is 17.2. The summed E-state index contributed by atoms with van der Waals surface area (Å²) >= 11 is 0. The van der Waals surface area contributed by atoms with E-state index < -0.39 is 0 Å². The van der Waals surface area contributed by atoms with Gasteiger partial charge in [-0.05, 0) is 50.9 Å². The third-order valence-corrected chi connectivity index (χ3v) is 3.71. The van der Waals surface area contributed by atoms with Crippen molar-refractivity contribution >= 4 is 0 Å². The van der Waals surface area contributed by atoms with Crippen molar-refractivity contribution in [2.24, 2.45) is 5.73 Å². The second kappa shape index (κ2) is 4.67. The van der Waals surface area contributed by atoms with Gasteiger partial charge in [0.2, 0.25) is 0 Å². The number of nitrogens with two attached hydrogens (primary N) is 1. The van der Waals surface area contributed by atoms with Crippen molar-refractivity contribution in [2.75, 3.05) is 13.7 Å². The Morgan fingerprint density at radius 3 is 2.88 bits per heavy atom. The van der Waals surface area contributed by atoms with Crippen LogP contribution in [0.3, 0.4) is 0 Å². The van der Waals surface area contributed by atoms with E-state index in [1.807, 2.05) is 7.05 Å². The quantitative estimate of drug-likeness (QED) is 0.841. The number of likely N-dealkylation sites (N-methyl/N-ethyl adjacent to an activating group) is 1. The minimum absolute atomic E-state index is 0.0141. The lowest BCUT2D eigenvalue weighted by atomic mass is 9.88. The number of aryl methyl sites for hydroxylation is 1. The summed E-state index contributed by atoms with van der Waals surface area (Å²) in [5, 5.41) is 3.26. The summed E-state index contributed by atoms with van der Waals surface area (Å²) in [5.41, 5.74) is 8.67. The molecule has 0 spiro atoms. The molecule has 0 amide bonds. The van der Waals surface area contributed by atoms with Gasteiger partial charge < -0.3 is 15.8 Å². The first kappa shape index (κ1) is 12.4. The van der Waals surface area contributed by atoms with E-state index in [2.05, 4.69) is 37.4 Å². The number of rotatable bonds is 3. The first-order valence-corrected chi connectivity index (χ1v) is 6.25. The van der Waals surface area contributed by atoms with Crippen molar-refractivity contribution < 1.29 is 4.74 Å². The third kappa shape index (κ3) is 2.45. The van der Waals surface area contributed by atoms with Gasteiger partial charge in [0.25, 0.3) is 0 Å². The van der Waals surface area contributed by atoms with Gasteiger partial charge in [-0.15, -0.1) is 0 Å². The lowest BCUT2D eigenvalue weighted by Gasteiger charge is -2.32. The Balaban J connectivity index is 2.28. The Kier molecular flexibility index (Phi) is 3.40. The first-order chi connectivity index (χ1) is 8.04. The van der Waals surface area contributed by atoms with Gasteiger partial charge >= 0.3 is 0 Å². The molecule has 1 aromatic carbocycles. The van der Waals surface area contributed by atoms with Crippen molar-refractivity contribution in [3.63, 3.8) is 0 Å². The van der Waals surface area contributed by atoms with Gasteiger partial charge in [-0.2, -0.15) is 0 Å². The lowest BCUT2D eigenvalue weighted by molar-refractivity contribution is 0.287. The van der Waals surface area contributed by atoms with Crippen LogP contribution in [0.2, 0.25) is 0 Å². The predicted molar refractivity (Wildman–Crippen MR) is 70.3 cm³/mol. The van der Waals surface area contributed by atoms with Crippen molar-refractivity contribution in [3.05, 3.63) is 29.3 Å². The summed E-state index contributed by atoms with van der Waals surface area (Å²) < 4.78 is 5.61. The zero-order valence-electron chi connectivity index (χ0n) is 10.9. The summed E-state index contributed by atoms with van der Waals surface area (Å²) in [6, 6.07) is 6.31. The van der Waals surface area contributed by atoms with Crippen LogP contribution >= 0.6 is 0 Å². The van der Waals surface area contributed by atoms with E-state index >= 15 is 0 Å². The molecule has 17 heavy (non-hydrogen) atoms. The Bertz CT molecular complexity index is 401. The van der Waals surface area contributed by atoms with Crippen LogP contribution in [0.4, 0.5) is 0 Å². The smallest absolute Gasteiger partial charge is 0.122 e. The lowest BCUT2D eigenvalue weighted by Crippen LogP contribution is -2.46. The molecule has 0 radical (unpaired) electrons. The van der Waals surface area contributed by atoms with E-state index in [0.29, 0.717) is 0 Å². The van der Waals surface area contributed by atoms with Crippen LogP contribution in [0.1, 0.15) is 37.4 Å². The Morgan fingerprint density at radius 1 is 1.41 bits per heavy atom. The second-order valence-electron chi connectivity index (χ2n) is 5.27. The number of nitrogens with one attached hydrogen (secondary N) is 1. The number of ether oxygens (including phenoxy) is 1. The molecule has 1 aliphatic rings. The molecule has 1 heterocycles. The third-order valence-electron chi connectivity index (χ3n) is 3.71. The van der Waals surface area contributed by atoms with Crippen molar-refractivity contribution in [1.29, 1.82) is 0 Å². The van der Waals surface area contributed by atoms with Gasteiger partial charge in [-0.1, -0.05) is 12.1 Å². The molecule has 0 fully saturated rings. The highest BCUT2D eigenvalue weighted by atomic mass is 16.5. The maximum Gasteiger partial charge on any atom is 0.122 e. The van der Waals surface area contributed by atoms with Crippen LogP contribution in [-0.4, -0.2) is 19.2 Å². The van der Waals surface area contributed by atoms with Crippen molar-refractivity contribution in [1.82, 2.24) is 5.32 Å². The van der Waals surface area contributed by atoms with Gasteiger partial charge in [-0.25, -0.2) is 0 Å². The number of hydrogen-bond acceptors (Lipinski definition) is 3. The maximum absolute atomic E-state index is 6.31. The van der Waals surface area contributed by atoms with E-state index in [0.717, 1.165) is 25.2 Å². The van der Waals surface area contributed by atoms with E-state index in [1.54, 1.807) is 0 Å². The average Bonchev–Trinajstić information content (AvgIpc) is 2.37. The number of fused-ring (bicyclic) bond motifs is 1. The molecule has 3 N–H and O–H groups in total. The van der Waals surface area contributed by atoms with Crippen LogP contribution in [0.5, 0.6) is 5.75 Å². The molecule has 1 unspecified atom stereocenters. The molecule has 2 rings (SSSR count). The largest absolute Gasteiger partial charge is 0.493 e. The Hall–Kier alpha value is -1.06. The molecule has 0 aromatic heterocycles. The summed E-state index contributed by atoms with van der Waals surface area (Å²) in [5.74, 6) is 1.02. The van der Waals surface area contributed by atoms with Gasteiger partial charge in [0.05, 0.1) is 6.61 Å². The van der Waals surface area contributed by atoms with Crippen LogP contribution in [0, 0.1) is 0 Å². The van der Waals surface area contributed by atoms with E-state index in [9.17, 15) is 0 Å². The zero-order valence-corrected chi connectivity index (χ0v) is 10.9. The molecule has 1 aromatic rings. The zero-order chi connectivity index (χ0) is 12.5. The second-order valence-corrected chi connectivity index (χ2v) is 5.27. The summed E-state index contributed by atoms with van der Waals surface area (Å²) in [6.45, 7) is 5.07. The molecule has 1 aliphatic heterocycles. The van der Waals surface area contributed by atoms with Crippen LogP contribution < -0.4 is 15.8 Å². The molecule has 3 nitrogen and oxygen atoms in total. The molecule has 3 heteroatoms. The highest BCUT2D eigenvalue weighted by molar-refractivity contribution is 5.40. The highest BCUT2D eigenvalue weighted by Crippen LogP contribution is 2.30. The predicted octanol–water partition coefficient (Wildman–Crippen LogP) is 2.01. The number of benzene rings is 1. The molecule has 0 aliphatic carbocycles. The van der Waals surface area contributed by atoms with Crippen LogP contribution in [0.15, 0.2) is 18.2 Å². The molecule has 1 atom stereocenters. The van der Waals surface area contributed by atoms with Crippen LogP contribution in [-0.2, 0) is 6.42 Å². The van der Waals surface area contributed by atoms with Crippen molar-refractivity contribution in [3.8, 4) is 5.75 Å². The SMILES string of the molecule is CNC(C)(C)C(N)c1ccc2c(c1)CCCO2. The van der Waals surface area contributed by atoms with Crippen molar-refractivity contribution in [2.45, 2.75) is 38.3 Å². The average molecular weight is 234 g/mol. The molecule has 0 bridgehead atoms. The highest BCUT2D eigenvalue weighted by Gasteiger charge is 2.26. The topological polar surface area (TPSA) is 47.3 Å². The monoisotopic (exact) mass is 234 g/mol. The summed E-state index contributed by atoms with van der Waals surface area (Å²) in [7, 11) is 1.95.